The van der Waals surface area contributed by atoms with E-state index in [4.69, 9.17) is 0 Å². The quantitative estimate of drug-likeness (QED) is 0.925. The van der Waals surface area contributed by atoms with E-state index >= 15 is 0 Å². The highest BCUT2D eigenvalue weighted by molar-refractivity contribution is 5.80. The van der Waals surface area contributed by atoms with Gasteiger partial charge in [0.05, 0.1) is 11.0 Å². The normalized spacial score (nSPS) is 18.3. The molecule has 1 aliphatic heterocycles. The number of anilines is 1. The molecule has 6 heteroatoms. The van der Waals surface area contributed by atoms with Crippen molar-refractivity contribution < 1.29 is 9.90 Å². The summed E-state index contributed by atoms with van der Waals surface area (Å²) in [4.78, 5) is 30.0. The van der Waals surface area contributed by atoms with Crippen molar-refractivity contribution in [1.82, 2.24) is 9.55 Å². The zero-order chi connectivity index (χ0) is 15.0. The Bertz CT molecular complexity index is 753. The summed E-state index contributed by atoms with van der Waals surface area (Å²) >= 11 is 0. The van der Waals surface area contributed by atoms with E-state index in [1.807, 2.05) is 31.2 Å². The maximum absolute atomic E-state index is 12.6. The van der Waals surface area contributed by atoms with Crippen molar-refractivity contribution in [2.45, 2.75) is 32.4 Å². The minimum absolute atomic E-state index is 0.218. The Hall–Kier alpha value is -2.37. The largest absolute Gasteiger partial charge is 0.480 e. The van der Waals surface area contributed by atoms with Gasteiger partial charge in [0.2, 0.25) is 0 Å². The van der Waals surface area contributed by atoms with Crippen molar-refractivity contribution in [3.63, 3.8) is 0 Å². The van der Waals surface area contributed by atoms with E-state index in [0.29, 0.717) is 25.0 Å². The second kappa shape index (κ2) is 5.20. The zero-order valence-corrected chi connectivity index (χ0v) is 11.8. The van der Waals surface area contributed by atoms with Gasteiger partial charge in [0, 0.05) is 13.1 Å². The molecule has 0 amide bonds. The number of benzene rings is 1. The van der Waals surface area contributed by atoms with Crippen LogP contribution in [0.4, 0.5) is 5.82 Å². The lowest BCUT2D eigenvalue weighted by atomic mass is 10.2. The topological polar surface area (TPSA) is 75.4 Å². The molecule has 1 aromatic heterocycles. The fourth-order valence-electron chi connectivity index (χ4n) is 2.96. The lowest BCUT2D eigenvalue weighted by Crippen LogP contribution is -2.41. The van der Waals surface area contributed by atoms with E-state index in [-0.39, 0.29) is 11.4 Å². The molecule has 0 spiro atoms. The first kappa shape index (κ1) is 13.6. The Morgan fingerprint density at radius 3 is 2.90 bits per heavy atom. The molecule has 1 aliphatic rings. The molecule has 1 aromatic carbocycles. The Labute approximate surface area is 121 Å². The average molecular weight is 287 g/mol. The maximum Gasteiger partial charge on any atom is 0.326 e. The van der Waals surface area contributed by atoms with Crippen LogP contribution in [0.15, 0.2) is 29.1 Å². The van der Waals surface area contributed by atoms with E-state index in [1.165, 1.54) is 0 Å². The fraction of sp³-hybridized carbons (Fsp3) is 0.400. The number of aromatic nitrogens is 2. The third kappa shape index (κ3) is 2.16. The molecule has 2 aromatic rings. The van der Waals surface area contributed by atoms with Crippen LogP contribution in [0.2, 0.25) is 0 Å². The van der Waals surface area contributed by atoms with Crippen molar-refractivity contribution in [1.29, 1.82) is 0 Å². The van der Waals surface area contributed by atoms with E-state index in [9.17, 15) is 14.7 Å². The number of fused-ring (bicyclic) bond motifs is 1. The standard InChI is InChI=1S/C15H17N3O3/c1-2-17-11-7-4-3-6-10(11)16-13(14(17)19)18-9-5-8-12(18)15(20)21/h3-4,6-7,12H,2,5,8-9H2,1H3,(H,20,21)/t12-/m0/s1. The molecule has 6 nitrogen and oxygen atoms in total. The molecule has 1 saturated heterocycles. The molecular weight excluding hydrogens is 270 g/mol. The van der Waals surface area contributed by atoms with Gasteiger partial charge < -0.3 is 14.6 Å². The number of carboxylic acids is 1. The van der Waals surface area contributed by atoms with E-state index in [2.05, 4.69) is 4.98 Å². The Balaban J connectivity index is 2.21. The molecule has 3 rings (SSSR count). The molecule has 1 fully saturated rings. The number of aryl methyl sites for hydroxylation is 1. The van der Waals surface area contributed by atoms with Crippen LogP contribution in [-0.2, 0) is 11.3 Å². The molecule has 0 unspecified atom stereocenters. The summed E-state index contributed by atoms with van der Waals surface area (Å²) < 4.78 is 1.65. The third-order valence-electron chi connectivity index (χ3n) is 3.96. The summed E-state index contributed by atoms with van der Waals surface area (Å²) in [6.07, 6.45) is 1.31. The molecule has 0 saturated carbocycles. The summed E-state index contributed by atoms with van der Waals surface area (Å²) in [7, 11) is 0. The Morgan fingerprint density at radius 1 is 1.43 bits per heavy atom. The third-order valence-corrected chi connectivity index (χ3v) is 3.96. The highest BCUT2D eigenvalue weighted by Gasteiger charge is 2.33. The van der Waals surface area contributed by atoms with Crippen LogP contribution in [0.5, 0.6) is 0 Å². The van der Waals surface area contributed by atoms with Crippen molar-refractivity contribution in [2.75, 3.05) is 11.4 Å². The van der Waals surface area contributed by atoms with Crippen LogP contribution in [-0.4, -0.2) is 33.2 Å². The predicted octanol–water partition coefficient (Wildman–Crippen LogP) is 1.47. The van der Waals surface area contributed by atoms with Crippen LogP contribution in [0.25, 0.3) is 11.0 Å². The molecule has 1 atom stereocenters. The van der Waals surface area contributed by atoms with E-state index < -0.39 is 12.0 Å². The molecule has 1 N–H and O–H groups in total. The van der Waals surface area contributed by atoms with Crippen LogP contribution in [0, 0.1) is 0 Å². The van der Waals surface area contributed by atoms with Crippen LogP contribution in [0.3, 0.4) is 0 Å². The predicted molar refractivity (Wildman–Crippen MR) is 79.7 cm³/mol. The highest BCUT2D eigenvalue weighted by atomic mass is 16.4. The monoisotopic (exact) mass is 287 g/mol. The van der Waals surface area contributed by atoms with Gasteiger partial charge in [0.15, 0.2) is 5.82 Å². The first-order valence-corrected chi connectivity index (χ1v) is 7.12. The van der Waals surface area contributed by atoms with Gasteiger partial charge in [-0.3, -0.25) is 4.79 Å². The number of carboxylic acid groups (broad SMARTS) is 1. The van der Waals surface area contributed by atoms with Gasteiger partial charge in [-0.25, -0.2) is 9.78 Å². The number of nitrogens with zero attached hydrogens (tertiary/aromatic N) is 3. The van der Waals surface area contributed by atoms with Crippen LogP contribution < -0.4 is 10.5 Å². The molecular formula is C15H17N3O3. The molecule has 0 radical (unpaired) electrons. The van der Waals surface area contributed by atoms with Gasteiger partial charge in [-0.05, 0) is 31.9 Å². The number of rotatable bonds is 3. The smallest absolute Gasteiger partial charge is 0.326 e. The van der Waals surface area contributed by atoms with Crippen LogP contribution in [0.1, 0.15) is 19.8 Å². The van der Waals surface area contributed by atoms with Crippen molar-refractivity contribution in [2.24, 2.45) is 0 Å². The summed E-state index contributed by atoms with van der Waals surface area (Å²) in [6.45, 7) is 2.98. The van der Waals surface area contributed by atoms with E-state index in [0.717, 1.165) is 11.9 Å². The first-order chi connectivity index (χ1) is 10.1. The molecule has 110 valence electrons. The SMILES string of the molecule is CCn1c(=O)c(N2CCC[C@H]2C(=O)O)nc2ccccc21. The number of aliphatic carboxylic acids is 1. The van der Waals surface area contributed by atoms with Gasteiger partial charge >= 0.3 is 5.97 Å². The Morgan fingerprint density at radius 2 is 2.19 bits per heavy atom. The van der Waals surface area contributed by atoms with Crippen molar-refractivity contribution in [3.05, 3.63) is 34.6 Å². The fourth-order valence-corrected chi connectivity index (χ4v) is 2.96. The van der Waals surface area contributed by atoms with Crippen LogP contribution >= 0.6 is 0 Å². The number of para-hydroxylation sites is 2. The Kier molecular flexibility index (Phi) is 3.37. The second-order valence-corrected chi connectivity index (χ2v) is 5.16. The first-order valence-electron chi connectivity index (χ1n) is 7.12. The molecule has 0 aliphatic carbocycles. The molecule has 0 bridgehead atoms. The zero-order valence-electron chi connectivity index (χ0n) is 11.8. The number of hydrogen-bond acceptors (Lipinski definition) is 4. The van der Waals surface area contributed by atoms with Gasteiger partial charge in [-0.15, -0.1) is 0 Å². The minimum atomic E-state index is -0.898. The number of carbonyl (C=O) groups is 1. The number of hydrogen-bond donors (Lipinski definition) is 1. The molecule has 21 heavy (non-hydrogen) atoms. The van der Waals surface area contributed by atoms with Crippen molar-refractivity contribution in [3.8, 4) is 0 Å². The average Bonchev–Trinajstić information content (AvgIpc) is 2.96. The van der Waals surface area contributed by atoms with Gasteiger partial charge in [0.25, 0.3) is 5.56 Å². The summed E-state index contributed by atoms with van der Waals surface area (Å²) in [5, 5.41) is 9.30. The summed E-state index contributed by atoms with van der Waals surface area (Å²) in [6, 6.07) is 6.77. The van der Waals surface area contributed by atoms with Gasteiger partial charge in [-0.2, -0.15) is 0 Å². The lowest BCUT2D eigenvalue weighted by molar-refractivity contribution is -0.138. The summed E-state index contributed by atoms with van der Waals surface area (Å²) in [5.74, 6) is -0.648. The molecule has 2 heterocycles. The summed E-state index contributed by atoms with van der Waals surface area (Å²) in [5.41, 5.74) is 1.27. The lowest BCUT2D eigenvalue weighted by Gasteiger charge is -2.23. The van der Waals surface area contributed by atoms with Gasteiger partial charge in [-0.1, -0.05) is 12.1 Å². The van der Waals surface area contributed by atoms with Crippen molar-refractivity contribution >= 4 is 22.8 Å². The highest BCUT2D eigenvalue weighted by Crippen LogP contribution is 2.23. The van der Waals surface area contributed by atoms with Gasteiger partial charge in [0.1, 0.15) is 6.04 Å². The minimum Gasteiger partial charge on any atom is -0.480 e. The second-order valence-electron chi connectivity index (χ2n) is 5.16. The van der Waals surface area contributed by atoms with E-state index in [1.54, 1.807) is 9.47 Å². The maximum atomic E-state index is 12.6.